The number of hydrogen-bond acceptors (Lipinski definition) is 2. The van der Waals surface area contributed by atoms with E-state index in [2.05, 4.69) is 0 Å². The maximum Gasteiger partial charge on any atom is 0.255 e. The third-order valence-corrected chi connectivity index (χ3v) is 2.80. The average Bonchev–Trinajstić information content (AvgIpc) is 2.35. The molecule has 1 heterocycles. The van der Waals surface area contributed by atoms with E-state index >= 15 is 0 Å². The highest BCUT2D eigenvalue weighted by molar-refractivity contribution is 5.44. The van der Waals surface area contributed by atoms with Crippen molar-refractivity contribution in [2.24, 2.45) is 0 Å². The van der Waals surface area contributed by atoms with E-state index in [0.717, 1.165) is 22.6 Å². The van der Waals surface area contributed by atoms with Gasteiger partial charge < -0.3 is 4.74 Å². The van der Waals surface area contributed by atoms with Crippen LogP contribution in [0, 0.1) is 13.8 Å². The smallest absolute Gasteiger partial charge is 0.255 e. The molecule has 0 unspecified atom stereocenters. The van der Waals surface area contributed by atoms with E-state index in [-0.39, 0.29) is 5.56 Å². The van der Waals surface area contributed by atoms with Gasteiger partial charge >= 0.3 is 0 Å². The Labute approximate surface area is 107 Å². The number of nitrogens with zero attached hydrogens (tertiary/aromatic N) is 1. The number of pyridine rings is 1. The number of benzene rings is 1. The fraction of sp³-hybridized carbons (Fsp3) is 0.267. The predicted octanol–water partition coefficient (Wildman–Crippen LogP) is 2.85. The lowest BCUT2D eigenvalue weighted by Crippen LogP contribution is -2.16. The maximum absolute atomic E-state index is 11.8. The van der Waals surface area contributed by atoms with Crippen LogP contribution in [-0.2, 0) is 0 Å². The second-order valence-corrected chi connectivity index (χ2v) is 4.30. The largest absolute Gasteiger partial charge is 0.494 e. The van der Waals surface area contributed by atoms with Gasteiger partial charge in [-0.1, -0.05) is 6.07 Å². The van der Waals surface area contributed by atoms with Gasteiger partial charge in [-0.2, -0.15) is 0 Å². The van der Waals surface area contributed by atoms with E-state index in [1.54, 1.807) is 10.6 Å². The van der Waals surface area contributed by atoms with E-state index in [9.17, 15) is 4.79 Å². The second-order valence-electron chi connectivity index (χ2n) is 4.30. The van der Waals surface area contributed by atoms with Crippen molar-refractivity contribution < 1.29 is 4.74 Å². The molecule has 0 saturated carbocycles. The molecule has 0 saturated heterocycles. The van der Waals surface area contributed by atoms with Gasteiger partial charge in [0.15, 0.2) is 0 Å². The molecule has 0 spiro atoms. The molecule has 1 aromatic carbocycles. The first-order valence-electron chi connectivity index (χ1n) is 6.05. The van der Waals surface area contributed by atoms with Gasteiger partial charge in [-0.25, -0.2) is 0 Å². The molecule has 0 atom stereocenters. The molecule has 0 N–H and O–H groups in total. The van der Waals surface area contributed by atoms with E-state index in [4.69, 9.17) is 4.74 Å². The Morgan fingerprint density at radius 2 is 1.94 bits per heavy atom. The zero-order chi connectivity index (χ0) is 13.1. The molecular weight excluding hydrogens is 226 g/mol. The van der Waals surface area contributed by atoms with Gasteiger partial charge in [-0.15, -0.1) is 0 Å². The summed E-state index contributed by atoms with van der Waals surface area (Å²) in [6, 6.07) is 9.18. The third-order valence-electron chi connectivity index (χ3n) is 2.80. The second kappa shape index (κ2) is 5.08. The van der Waals surface area contributed by atoms with Crippen LogP contribution in [0.4, 0.5) is 0 Å². The van der Waals surface area contributed by atoms with E-state index in [0.29, 0.717) is 6.61 Å². The zero-order valence-electron chi connectivity index (χ0n) is 10.9. The first-order valence-corrected chi connectivity index (χ1v) is 6.05. The number of ether oxygens (including phenoxy) is 1. The Balaban J connectivity index is 2.48. The Bertz CT molecular complexity index is 614. The summed E-state index contributed by atoms with van der Waals surface area (Å²) in [6.07, 6.45) is 1.84. The van der Waals surface area contributed by atoms with Crippen molar-refractivity contribution in [1.29, 1.82) is 0 Å². The van der Waals surface area contributed by atoms with Gasteiger partial charge in [0.05, 0.1) is 6.61 Å². The lowest BCUT2D eigenvalue weighted by Gasteiger charge is -2.11. The van der Waals surface area contributed by atoms with E-state index in [1.165, 1.54) is 0 Å². The van der Waals surface area contributed by atoms with Crippen LogP contribution in [0.15, 0.2) is 41.3 Å². The molecule has 0 bridgehead atoms. The number of hydrogen-bond donors (Lipinski definition) is 0. The maximum atomic E-state index is 11.8. The molecule has 0 fully saturated rings. The first kappa shape index (κ1) is 12.4. The van der Waals surface area contributed by atoms with Crippen LogP contribution in [0.5, 0.6) is 5.75 Å². The lowest BCUT2D eigenvalue weighted by atomic mass is 10.2. The summed E-state index contributed by atoms with van der Waals surface area (Å²) in [7, 11) is 0. The fourth-order valence-electron chi connectivity index (χ4n) is 1.90. The Morgan fingerprint density at radius 3 is 2.61 bits per heavy atom. The van der Waals surface area contributed by atoms with Gasteiger partial charge in [0, 0.05) is 18.0 Å². The number of rotatable bonds is 3. The highest BCUT2D eigenvalue weighted by Gasteiger charge is 2.04. The molecule has 94 valence electrons. The van der Waals surface area contributed by atoms with Gasteiger partial charge in [-0.05, 0) is 50.1 Å². The van der Waals surface area contributed by atoms with Crippen molar-refractivity contribution in [3.8, 4) is 11.4 Å². The molecule has 2 aromatic rings. The van der Waals surface area contributed by atoms with Crippen molar-refractivity contribution in [3.05, 3.63) is 58.0 Å². The van der Waals surface area contributed by atoms with Gasteiger partial charge in [0.1, 0.15) is 5.75 Å². The first-order chi connectivity index (χ1) is 8.61. The normalized spacial score (nSPS) is 10.4. The molecule has 3 heteroatoms. The zero-order valence-corrected chi connectivity index (χ0v) is 10.9. The molecule has 2 rings (SSSR count). The highest BCUT2D eigenvalue weighted by Crippen LogP contribution is 2.20. The van der Waals surface area contributed by atoms with Crippen molar-refractivity contribution >= 4 is 0 Å². The van der Waals surface area contributed by atoms with Crippen LogP contribution < -0.4 is 10.3 Å². The monoisotopic (exact) mass is 243 g/mol. The fourth-order valence-corrected chi connectivity index (χ4v) is 1.90. The van der Waals surface area contributed by atoms with Crippen molar-refractivity contribution in [1.82, 2.24) is 4.57 Å². The van der Waals surface area contributed by atoms with Crippen LogP contribution in [0.2, 0.25) is 0 Å². The van der Waals surface area contributed by atoms with Crippen molar-refractivity contribution in [3.63, 3.8) is 0 Å². The van der Waals surface area contributed by atoms with Crippen LogP contribution in [-0.4, -0.2) is 11.2 Å². The third kappa shape index (κ3) is 2.45. The van der Waals surface area contributed by atoms with E-state index in [1.807, 2.05) is 51.2 Å². The van der Waals surface area contributed by atoms with Crippen LogP contribution in [0.25, 0.3) is 5.69 Å². The molecule has 18 heavy (non-hydrogen) atoms. The van der Waals surface area contributed by atoms with Gasteiger partial charge in [0.25, 0.3) is 5.56 Å². The Morgan fingerprint density at radius 1 is 1.17 bits per heavy atom. The Hall–Kier alpha value is -2.03. The minimum Gasteiger partial charge on any atom is -0.494 e. The summed E-state index contributed by atoms with van der Waals surface area (Å²) in [5.74, 6) is 0.863. The van der Waals surface area contributed by atoms with Crippen LogP contribution in [0.3, 0.4) is 0 Å². The molecule has 0 aliphatic rings. The number of aryl methyl sites for hydroxylation is 2. The Kier molecular flexibility index (Phi) is 3.51. The van der Waals surface area contributed by atoms with Crippen molar-refractivity contribution in [2.45, 2.75) is 20.8 Å². The molecular formula is C15H17NO2. The minimum atomic E-state index is -0.0239. The summed E-state index contributed by atoms with van der Waals surface area (Å²) in [5, 5.41) is 0. The molecule has 0 amide bonds. The predicted molar refractivity (Wildman–Crippen MR) is 72.7 cm³/mol. The topological polar surface area (TPSA) is 31.2 Å². The standard InChI is InChI=1S/C15H17NO2/c1-4-18-14-7-6-13(9-12(14)3)16-10-11(2)5-8-15(16)17/h5-10H,4H2,1-3H3. The molecule has 0 radical (unpaired) electrons. The van der Waals surface area contributed by atoms with Crippen molar-refractivity contribution in [2.75, 3.05) is 6.61 Å². The summed E-state index contributed by atoms with van der Waals surface area (Å²) in [6.45, 7) is 6.55. The summed E-state index contributed by atoms with van der Waals surface area (Å²) in [5.41, 5.74) is 2.93. The molecule has 0 aliphatic heterocycles. The van der Waals surface area contributed by atoms with Gasteiger partial charge in [0.2, 0.25) is 0 Å². The minimum absolute atomic E-state index is 0.0239. The summed E-state index contributed by atoms with van der Waals surface area (Å²) >= 11 is 0. The highest BCUT2D eigenvalue weighted by atomic mass is 16.5. The van der Waals surface area contributed by atoms with Crippen LogP contribution >= 0.6 is 0 Å². The SMILES string of the molecule is CCOc1ccc(-n2cc(C)ccc2=O)cc1C. The molecule has 1 aromatic heterocycles. The number of aromatic nitrogens is 1. The van der Waals surface area contributed by atoms with Gasteiger partial charge in [-0.3, -0.25) is 9.36 Å². The molecule has 0 aliphatic carbocycles. The summed E-state index contributed by atoms with van der Waals surface area (Å²) in [4.78, 5) is 11.8. The quantitative estimate of drug-likeness (QED) is 0.830. The van der Waals surface area contributed by atoms with Crippen LogP contribution in [0.1, 0.15) is 18.1 Å². The molecule has 3 nitrogen and oxygen atoms in total. The lowest BCUT2D eigenvalue weighted by molar-refractivity contribution is 0.338. The average molecular weight is 243 g/mol. The summed E-state index contributed by atoms with van der Waals surface area (Å²) < 4.78 is 7.14. The van der Waals surface area contributed by atoms with E-state index < -0.39 is 0 Å².